The molecule has 0 aromatic heterocycles. The van der Waals surface area contributed by atoms with E-state index in [1.54, 1.807) is 11.8 Å². The Bertz CT molecular complexity index is 534. The topological polar surface area (TPSA) is 17.1 Å². The zero-order valence-electron chi connectivity index (χ0n) is 11.1. The lowest BCUT2D eigenvalue weighted by Crippen LogP contribution is -2.05. The fourth-order valence-corrected chi connectivity index (χ4v) is 2.81. The quantitative estimate of drug-likeness (QED) is 0.788. The summed E-state index contributed by atoms with van der Waals surface area (Å²) in [5, 5.41) is 0. The van der Waals surface area contributed by atoms with Crippen LogP contribution < -0.4 is 0 Å². The predicted molar refractivity (Wildman–Crippen MR) is 82.5 cm³/mol. The van der Waals surface area contributed by atoms with Gasteiger partial charge in [-0.25, -0.2) is 0 Å². The molecule has 19 heavy (non-hydrogen) atoms. The molecule has 0 saturated heterocycles. The molecule has 0 aliphatic rings. The molecule has 2 rings (SSSR count). The second kappa shape index (κ2) is 7.15. The minimum Gasteiger partial charge on any atom is -0.298 e. The second-order valence-corrected chi connectivity index (χ2v) is 5.67. The van der Waals surface area contributed by atoms with E-state index in [2.05, 4.69) is 31.2 Å². The van der Waals surface area contributed by atoms with E-state index in [1.807, 2.05) is 30.3 Å². The van der Waals surface area contributed by atoms with E-state index in [0.29, 0.717) is 18.0 Å². The van der Waals surface area contributed by atoms with Gasteiger partial charge >= 0.3 is 0 Å². The Hall–Kier alpha value is -1.54. The van der Waals surface area contributed by atoms with Crippen LogP contribution in [0.15, 0.2) is 54.6 Å². The van der Waals surface area contributed by atoms with Gasteiger partial charge in [-0.3, -0.25) is 4.79 Å². The molecule has 0 fully saturated rings. The number of aryl methyl sites for hydroxylation is 1. The summed E-state index contributed by atoms with van der Waals surface area (Å²) in [4.78, 5) is 11.8. The first kappa shape index (κ1) is 13.9. The molecule has 0 aliphatic carbocycles. The number of carbonyl (C=O) groups is 1. The second-order valence-electron chi connectivity index (χ2n) is 4.68. The van der Waals surface area contributed by atoms with Gasteiger partial charge in [0.25, 0.3) is 0 Å². The van der Waals surface area contributed by atoms with Gasteiger partial charge in [0, 0.05) is 12.2 Å². The molecule has 98 valence electrons. The van der Waals surface area contributed by atoms with Crippen molar-refractivity contribution in [2.45, 2.75) is 19.1 Å². The molecule has 2 aromatic rings. The number of ketones is 1. The van der Waals surface area contributed by atoms with Gasteiger partial charge in [0.05, 0.1) is 5.75 Å². The van der Waals surface area contributed by atoms with E-state index in [4.69, 9.17) is 0 Å². The summed E-state index contributed by atoms with van der Waals surface area (Å²) in [5.41, 5.74) is 3.66. The van der Waals surface area contributed by atoms with Crippen molar-refractivity contribution >= 4 is 17.5 Å². The van der Waals surface area contributed by atoms with Crippen LogP contribution in [-0.2, 0) is 17.0 Å². The maximum absolute atomic E-state index is 11.8. The highest BCUT2D eigenvalue weighted by Crippen LogP contribution is 2.14. The summed E-state index contributed by atoms with van der Waals surface area (Å²) in [6.07, 6.45) is 0.543. The largest absolute Gasteiger partial charge is 0.298 e. The van der Waals surface area contributed by atoms with Crippen LogP contribution in [0.2, 0.25) is 0 Å². The molecule has 0 radical (unpaired) electrons. The molecule has 0 atom stereocenters. The third-order valence-corrected chi connectivity index (χ3v) is 3.92. The zero-order valence-corrected chi connectivity index (χ0v) is 12.0. The predicted octanol–water partition coefficient (Wildman–Crippen LogP) is 4.04. The van der Waals surface area contributed by atoms with Crippen molar-refractivity contribution in [1.29, 1.82) is 0 Å². The van der Waals surface area contributed by atoms with Gasteiger partial charge in [-0.2, -0.15) is 0 Å². The number of thioether (sulfide) groups is 1. The van der Waals surface area contributed by atoms with Gasteiger partial charge in [-0.1, -0.05) is 60.2 Å². The lowest BCUT2D eigenvalue weighted by atomic mass is 10.1. The summed E-state index contributed by atoms with van der Waals surface area (Å²) < 4.78 is 0. The molecule has 2 heteroatoms. The van der Waals surface area contributed by atoms with Crippen LogP contribution in [0.5, 0.6) is 0 Å². The fourth-order valence-electron chi connectivity index (χ4n) is 1.96. The van der Waals surface area contributed by atoms with Crippen molar-refractivity contribution in [2.75, 3.05) is 5.75 Å². The van der Waals surface area contributed by atoms with E-state index in [1.165, 1.54) is 11.1 Å². The Morgan fingerprint density at radius 2 is 1.74 bits per heavy atom. The van der Waals surface area contributed by atoms with Crippen molar-refractivity contribution in [3.05, 3.63) is 71.3 Å². The monoisotopic (exact) mass is 270 g/mol. The fraction of sp³-hybridized carbons (Fsp3) is 0.235. The average molecular weight is 270 g/mol. The Balaban J connectivity index is 1.75. The number of carbonyl (C=O) groups excluding carboxylic acids is 1. The highest BCUT2D eigenvalue weighted by Gasteiger charge is 2.04. The maximum atomic E-state index is 11.8. The van der Waals surface area contributed by atoms with Crippen LogP contribution in [0.4, 0.5) is 0 Å². The number of benzene rings is 2. The van der Waals surface area contributed by atoms with Gasteiger partial charge in [0.1, 0.15) is 5.78 Å². The smallest absolute Gasteiger partial charge is 0.147 e. The minimum absolute atomic E-state index is 0.295. The zero-order chi connectivity index (χ0) is 13.5. The van der Waals surface area contributed by atoms with Gasteiger partial charge in [0.2, 0.25) is 0 Å². The molecule has 0 unspecified atom stereocenters. The summed E-state index contributed by atoms with van der Waals surface area (Å²) in [6.45, 7) is 2.09. The highest BCUT2D eigenvalue weighted by molar-refractivity contribution is 7.99. The molecule has 0 saturated carbocycles. The van der Waals surface area contributed by atoms with Crippen LogP contribution in [0.25, 0.3) is 0 Å². The maximum Gasteiger partial charge on any atom is 0.147 e. The molecule has 0 heterocycles. The van der Waals surface area contributed by atoms with E-state index in [-0.39, 0.29) is 0 Å². The summed E-state index contributed by atoms with van der Waals surface area (Å²) in [5.74, 6) is 1.79. The number of rotatable bonds is 6. The lowest BCUT2D eigenvalue weighted by Gasteiger charge is -2.03. The third kappa shape index (κ3) is 4.92. The van der Waals surface area contributed by atoms with Crippen LogP contribution in [0, 0.1) is 6.92 Å². The summed E-state index contributed by atoms with van der Waals surface area (Å²) in [7, 11) is 0. The van der Waals surface area contributed by atoms with Crippen LogP contribution in [0.3, 0.4) is 0 Å². The molecule has 2 aromatic carbocycles. The number of hydrogen-bond donors (Lipinski definition) is 0. The number of hydrogen-bond acceptors (Lipinski definition) is 2. The van der Waals surface area contributed by atoms with Crippen molar-refractivity contribution in [2.24, 2.45) is 0 Å². The molecule has 0 N–H and O–H groups in total. The Morgan fingerprint density at radius 3 is 2.47 bits per heavy atom. The molecular formula is C17H18OS. The molecule has 1 nitrogen and oxygen atoms in total. The third-order valence-electron chi connectivity index (χ3n) is 2.86. The molecule has 0 bridgehead atoms. The van der Waals surface area contributed by atoms with E-state index in [0.717, 1.165) is 11.3 Å². The molecule has 0 amide bonds. The SMILES string of the molecule is Cc1cccc(CSCC(=O)Cc2ccccc2)c1. The highest BCUT2D eigenvalue weighted by atomic mass is 32.2. The Morgan fingerprint density at radius 1 is 1.00 bits per heavy atom. The van der Waals surface area contributed by atoms with E-state index in [9.17, 15) is 4.79 Å². The first-order valence-corrected chi connectivity index (χ1v) is 7.58. The van der Waals surface area contributed by atoms with Gasteiger partial charge in [0.15, 0.2) is 0 Å². The molecule has 0 spiro atoms. The lowest BCUT2D eigenvalue weighted by molar-refractivity contribution is -0.116. The standard InChI is InChI=1S/C17H18OS/c1-14-6-5-9-16(10-14)12-19-13-17(18)11-15-7-3-2-4-8-15/h2-10H,11-13H2,1H3. The van der Waals surface area contributed by atoms with Crippen LogP contribution in [0.1, 0.15) is 16.7 Å². The Labute approximate surface area is 119 Å². The van der Waals surface area contributed by atoms with Gasteiger partial charge in [-0.15, -0.1) is 11.8 Å². The van der Waals surface area contributed by atoms with Crippen molar-refractivity contribution in [3.63, 3.8) is 0 Å². The minimum atomic E-state index is 0.295. The summed E-state index contributed by atoms with van der Waals surface area (Å²) >= 11 is 1.69. The molecular weight excluding hydrogens is 252 g/mol. The summed E-state index contributed by atoms with van der Waals surface area (Å²) in [6, 6.07) is 18.4. The van der Waals surface area contributed by atoms with Gasteiger partial charge in [-0.05, 0) is 18.1 Å². The van der Waals surface area contributed by atoms with Crippen LogP contribution in [-0.4, -0.2) is 11.5 Å². The van der Waals surface area contributed by atoms with E-state index < -0.39 is 0 Å². The van der Waals surface area contributed by atoms with Gasteiger partial charge < -0.3 is 0 Å². The van der Waals surface area contributed by atoms with Crippen molar-refractivity contribution < 1.29 is 4.79 Å². The van der Waals surface area contributed by atoms with Crippen molar-refractivity contribution in [1.82, 2.24) is 0 Å². The first-order chi connectivity index (χ1) is 9.24. The number of Topliss-reactive ketones (excluding diaryl/α,β-unsaturated/α-hetero) is 1. The van der Waals surface area contributed by atoms with E-state index >= 15 is 0 Å². The Kier molecular flexibility index (Phi) is 5.22. The normalized spacial score (nSPS) is 10.4. The molecule has 0 aliphatic heterocycles. The first-order valence-electron chi connectivity index (χ1n) is 6.43. The van der Waals surface area contributed by atoms with Crippen LogP contribution >= 0.6 is 11.8 Å². The average Bonchev–Trinajstić information content (AvgIpc) is 2.40. The van der Waals surface area contributed by atoms with Crippen molar-refractivity contribution in [3.8, 4) is 0 Å².